The fraction of sp³-hybridized carbons (Fsp3) is 0.192. The van der Waals surface area contributed by atoms with Gasteiger partial charge < -0.3 is 10.4 Å². The van der Waals surface area contributed by atoms with E-state index in [2.05, 4.69) is 25.5 Å². The third kappa shape index (κ3) is 4.73. The van der Waals surface area contributed by atoms with Crippen LogP contribution in [-0.4, -0.2) is 46.4 Å². The molecular formula is C26H22ClF2N7O2. The van der Waals surface area contributed by atoms with Crippen molar-refractivity contribution in [1.29, 1.82) is 0 Å². The molecule has 0 saturated carbocycles. The average molecular weight is 538 g/mol. The first-order valence-corrected chi connectivity index (χ1v) is 12.0. The lowest BCUT2D eigenvalue weighted by Crippen LogP contribution is -2.52. The lowest BCUT2D eigenvalue weighted by molar-refractivity contribution is -0.0186. The van der Waals surface area contributed by atoms with Gasteiger partial charge in [-0.15, -0.1) is 0 Å². The second-order valence-corrected chi connectivity index (χ2v) is 9.34. The standard InChI is InChI=1S/C26H22ClF2N7O2/c1-15-20(11-31-24-10-23(34-36(15)24)17-3-5-18(27)6-4-17)25(37)33-16(2)26(38,12-35-14-30-13-32-35)21-8-7-19(28)9-22(21)29/h3-11,13-14,16,38H,12H2,1-2H3,(H,33,37). The number of aliphatic hydroxyl groups is 1. The number of hydrogen-bond donors (Lipinski definition) is 2. The highest BCUT2D eigenvalue weighted by atomic mass is 35.5. The molecule has 2 unspecified atom stereocenters. The van der Waals surface area contributed by atoms with Crippen molar-refractivity contribution >= 4 is 23.2 Å². The number of nitrogens with one attached hydrogen (secondary N) is 1. The van der Waals surface area contributed by atoms with E-state index in [-0.39, 0.29) is 17.7 Å². The Bertz CT molecular complexity index is 1620. The topological polar surface area (TPSA) is 110 Å². The molecule has 2 N–H and O–H groups in total. The Hall–Kier alpha value is -4.22. The monoisotopic (exact) mass is 537 g/mol. The Labute approximate surface area is 220 Å². The predicted molar refractivity (Wildman–Crippen MR) is 135 cm³/mol. The number of hydrogen-bond acceptors (Lipinski definition) is 6. The number of amides is 1. The first-order valence-electron chi connectivity index (χ1n) is 11.6. The summed E-state index contributed by atoms with van der Waals surface area (Å²) in [5.74, 6) is -2.31. The Kier molecular flexibility index (Phi) is 6.64. The Morgan fingerprint density at radius 3 is 2.63 bits per heavy atom. The highest BCUT2D eigenvalue weighted by Crippen LogP contribution is 2.30. The number of fused-ring (bicyclic) bond motifs is 1. The molecule has 12 heteroatoms. The van der Waals surface area contributed by atoms with Crippen molar-refractivity contribution in [3.05, 3.63) is 101 Å². The number of aryl methyl sites for hydroxylation is 1. The number of rotatable bonds is 7. The molecule has 2 aromatic carbocycles. The number of carbonyl (C=O) groups is 1. The third-order valence-electron chi connectivity index (χ3n) is 6.44. The number of carbonyl (C=O) groups excluding carboxylic acids is 1. The van der Waals surface area contributed by atoms with Crippen LogP contribution in [0.5, 0.6) is 0 Å². The van der Waals surface area contributed by atoms with E-state index in [1.807, 2.05) is 12.1 Å². The lowest BCUT2D eigenvalue weighted by atomic mass is 9.86. The summed E-state index contributed by atoms with van der Waals surface area (Å²) in [6.07, 6.45) is 4.02. The van der Waals surface area contributed by atoms with Crippen LogP contribution in [0.4, 0.5) is 8.78 Å². The van der Waals surface area contributed by atoms with Crippen LogP contribution in [0.25, 0.3) is 16.9 Å². The molecule has 3 aromatic heterocycles. The van der Waals surface area contributed by atoms with Crippen LogP contribution in [0.1, 0.15) is 28.5 Å². The van der Waals surface area contributed by atoms with Crippen LogP contribution in [0.3, 0.4) is 0 Å². The van der Waals surface area contributed by atoms with Crippen LogP contribution in [-0.2, 0) is 12.1 Å². The largest absolute Gasteiger partial charge is 0.381 e. The first kappa shape index (κ1) is 25.4. The highest BCUT2D eigenvalue weighted by molar-refractivity contribution is 6.30. The molecule has 194 valence electrons. The summed E-state index contributed by atoms with van der Waals surface area (Å²) in [4.78, 5) is 21.6. The van der Waals surface area contributed by atoms with Gasteiger partial charge in [0.25, 0.3) is 5.91 Å². The maximum Gasteiger partial charge on any atom is 0.255 e. The van der Waals surface area contributed by atoms with Gasteiger partial charge in [0.15, 0.2) is 5.65 Å². The van der Waals surface area contributed by atoms with Gasteiger partial charge in [-0.05, 0) is 32.0 Å². The smallest absolute Gasteiger partial charge is 0.255 e. The minimum absolute atomic E-state index is 0.202. The first-order chi connectivity index (χ1) is 18.2. The average Bonchev–Trinajstić information content (AvgIpc) is 3.55. The van der Waals surface area contributed by atoms with Gasteiger partial charge in [-0.1, -0.05) is 29.8 Å². The zero-order valence-electron chi connectivity index (χ0n) is 20.3. The van der Waals surface area contributed by atoms with Gasteiger partial charge in [0, 0.05) is 34.5 Å². The van der Waals surface area contributed by atoms with Gasteiger partial charge in [0.05, 0.1) is 29.5 Å². The zero-order chi connectivity index (χ0) is 27.0. The van der Waals surface area contributed by atoms with Crippen molar-refractivity contribution in [3.63, 3.8) is 0 Å². The third-order valence-corrected chi connectivity index (χ3v) is 6.69. The van der Waals surface area contributed by atoms with Gasteiger partial charge in [-0.25, -0.2) is 27.9 Å². The molecule has 0 spiro atoms. The van der Waals surface area contributed by atoms with Crippen molar-refractivity contribution in [2.45, 2.75) is 32.0 Å². The zero-order valence-corrected chi connectivity index (χ0v) is 21.1. The number of aromatic nitrogens is 6. The molecule has 38 heavy (non-hydrogen) atoms. The minimum atomic E-state index is -2.00. The highest BCUT2D eigenvalue weighted by Gasteiger charge is 2.40. The predicted octanol–water partition coefficient (Wildman–Crippen LogP) is 3.93. The van der Waals surface area contributed by atoms with Crippen molar-refractivity contribution in [2.75, 3.05) is 0 Å². The summed E-state index contributed by atoms with van der Waals surface area (Å²) in [5.41, 5.74) is 0.529. The van der Waals surface area contributed by atoms with E-state index in [4.69, 9.17) is 11.6 Å². The minimum Gasteiger partial charge on any atom is -0.381 e. The molecule has 0 aliphatic carbocycles. The molecule has 0 aliphatic rings. The van der Waals surface area contributed by atoms with E-state index in [9.17, 15) is 18.7 Å². The van der Waals surface area contributed by atoms with E-state index in [1.54, 1.807) is 29.6 Å². The molecule has 1 amide bonds. The molecule has 5 aromatic rings. The van der Waals surface area contributed by atoms with Crippen LogP contribution < -0.4 is 5.32 Å². The normalized spacial score (nSPS) is 13.8. The van der Waals surface area contributed by atoms with Crippen LogP contribution >= 0.6 is 11.6 Å². The number of halogens is 3. The number of nitrogens with zero attached hydrogens (tertiary/aromatic N) is 6. The molecule has 0 bridgehead atoms. The fourth-order valence-corrected chi connectivity index (χ4v) is 4.41. The summed E-state index contributed by atoms with van der Waals surface area (Å²) >= 11 is 5.98. The summed E-state index contributed by atoms with van der Waals surface area (Å²) in [7, 11) is 0. The van der Waals surface area contributed by atoms with Gasteiger partial charge in [-0.2, -0.15) is 10.2 Å². The van der Waals surface area contributed by atoms with Crippen molar-refractivity contribution in [2.24, 2.45) is 0 Å². The van der Waals surface area contributed by atoms with Crippen molar-refractivity contribution in [3.8, 4) is 11.3 Å². The molecule has 3 heterocycles. The molecule has 0 fully saturated rings. The van der Waals surface area contributed by atoms with Crippen LogP contribution in [0.15, 0.2) is 67.4 Å². The van der Waals surface area contributed by atoms with Crippen LogP contribution in [0.2, 0.25) is 5.02 Å². The SMILES string of the molecule is Cc1c(C(=O)NC(C)C(O)(Cn2cncn2)c2ccc(F)cc2F)cnc2cc(-c3ccc(Cl)cc3)nn12. The maximum atomic E-state index is 14.8. The number of benzene rings is 2. The second-order valence-electron chi connectivity index (χ2n) is 8.90. The van der Waals surface area contributed by atoms with Gasteiger partial charge in [-0.3, -0.25) is 4.79 Å². The molecule has 0 aliphatic heterocycles. The fourth-order valence-electron chi connectivity index (χ4n) is 4.28. The molecule has 2 atom stereocenters. The molecule has 5 rings (SSSR count). The van der Waals surface area contributed by atoms with Gasteiger partial charge >= 0.3 is 0 Å². The van der Waals surface area contributed by atoms with Crippen molar-refractivity contribution in [1.82, 2.24) is 34.7 Å². The quantitative estimate of drug-likeness (QED) is 0.325. The molecule has 0 saturated heterocycles. The lowest BCUT2D eigenvalue weighted by Gasteiger charge is -2.35. The van der Waals surface area contributed by atoms with Crippen molar-refractivity contribution < 1.29 is 18.7 Å². The van der Waals surface area contributed by atoms with Crippen LogP contribution in [0, 0.1) is 18.6 Å². The molecular weight excluding hydrogens is 516 g/mol. The maximum absolute atomic E-state index is 14.8. The van der Waals surface area contributed by atoms with Gasteiger partial charge in [0.2, 0.25) is 0 Å². The summed E-state index contributed by atoms with van der Waals surface area (Å²) in [6.45, 7) is 2.98. The van der Waals surface area contributed by atoms with E-state index in [0.29, 0.717) is 28.1 Å². The Balaban J connectivity index is 1.46. The second kappa shape index (κ2) is 9.92. The Morgan fingerprint density at radius 2 is 1.95 bits per heavy atom. The van der Waals surface area contributed by atoms with Gasteiger partial charge in [0.1, 0.15) is 29.9 Å². The van der Waals surface area contributed by atoms with E-state index in [0.717, 1.165) is 17.7 Å². The Morgan fingerprint density at radius 1 is 1.18 bits per heavy atom. The van der Waals surface area contributed by atoms with E-state index >= 15 is 0 Å². The molecule has 0 radical (unpaired) electrons. The summed E-state index contributed by atoms with van der Waals surface area (Å²) in [5, 5.41) is 23.6. The summed E-state index contributed by atoms with van der Waals surface area (Å²) < 4.78 is 31.3. The summed E-state index contributed by atoms with van der Waals surface area (Å²) in [6, 6.07) is 10.8. The van der Waals surface area contributed by atoms with E-state index in [1.165, 1.54) is 30.5 Å². The van der Waals surface area contributed by atoms with E-state index < -0.39 is 29.2 Å². The molecule has 9 nitrogen and oxygen atoms in total.